The smallest absolute Gasteiger partial charge is 0.296 e. The SMILES string of the molecule is COc1cc(NC(C)=O)c(-c2ccc(-n3c(C(F)F)nc4ccccc4c3=O)cc2)c(OC)c1OC. The van der Waals surface area contributed by atoms with E-state index in [1.807, 2.05) is 0 Å². The van der Waals surface area contributed by atoms with Crippen LogP contribution in [0.2, 0.25) is 0 Å². The number of benzene rings is 3. The van der Waals surface area contributed by atoms with Gasteiger partial charge in [0.25, 0.3) is 12.0 Å². The van der Waals surface area contributed by atoms with Gasteiger partial charge in [0.05, 0.1) is 49.2 Å². The third kappa shape index (κ3) is 4.33. The van der Waals surface area contributed by atoms with Crippen LogP contribution in [0.25, 0.3) is 27.7 Å². The van der Waals surface area contributed by atoms with Crippen LogP contribution in [0.3, 0.4) is 0 Å². The normalized spacial score (nSPS) is 11.0. The van der Waals surface area contributed by atoms with Crippen molar-refractivity contribution in [3.8, 4) is 34.1 Å². The Hall–Kier alpha value is -4.47. The first-order valence-electron chi connectivity index (χ1n) is 10.8. The molecule has 0 radical (unpaired) electrons. The van der Waals surface area contributed by atoms with Crippen molar-refractivity contribution in [1.82, 2.24) is 9.55 Å². The highest BCUT2D eigenvalue weighted by molar-refractivity contribution is 5.98. The summed E-state index contributed by atoms with van der Waals surface area (Å²) in [6.07, 6.45) is -2.97. The second-order valence-electron chi connectivity index (χ2n) is 7.72. The zero-order valence-corrected chi connectivity index (χ0v) is 20.0. The number of anilines is 1. The van der Waals surface area contributed by atoms with Gasteiger partial charge in [0.15, 0.2) is 17.3 Å². The van der Waals surface area contributed by atoms with Crippen LogP contribution in [0.4, 0.5) is 14.5 Å². The number of halogens is 2. The van der Waals surface area contributed by atoms with E-state index in [4.69, 9.17) is 14.2 Å². The van der Waals surface area contributed by atoms with Crippen molar-refractivity contribution in [2.45, 2.75) is 13.3 Å². The maximum atomic E-state index is 13.9. The van der Waals surface area contributed by atoms with Gasteiger partial charge >= 0.3 is 0 Å². The third-order valence-electron chi connectivity index (χ3n) is 5.55. The summed E-state index contributed by atoms with van der Waals surface area (Å²) in [7, 11) is 4.36. The van der Waals surface area contributed by atoms with Crippen molar-refractivity contribution in [2.24, 2.45) is 0 Å². The summed E-state index contributed by atoms with van der Waals surface area (Å²) in [4.78, 5) is 29.0. The van der Waals surface area contributed by atoms with Crippen molar-refractivity contribution in [3.05, 3.63) is 70.8 Å². The van der Waals surface area contributed by atoms with E-state index in [-0.39, 0.29) is 22.5 Å². The minimum Gasteiger partial charge on any atom is -0.493 e. The molecule has 1 heterocycles. The van der Waals surface area contributed by atoms with Crippen LogP contribution in [-0.2, 0) is 4.79 Å². The number of ether oxygens (including phenoxy) is 3. The molecule has 0 atom stereocenters. The van der Waals surface area contributed by atoms with Crippen molar-refractivity contribution in [1.29, 1.82) is 0 Å². The average Bonchev–Trinajstić information content (AvgIpc) is 2.87. The van der Waals surface area contributed by atoms with E-state index in [0.717, 1.165) is 4.57 Å². The highest BCUT2D eigenvalue weighted by Gasteiger charge is 2.24. The second-order valence-corrected chi connectivity index (χ2v) is 7.72. The zero-order valence-electron chi connectivity index (χ0n) is 20.0. The molecule has 0 unspecified atom stereocenters. The second kappa shape index (κ2) is 10.0. The van der Waals surface area contributed by atoms with Gasteiger partial charge in [-0.3, -0.25) is 14.2 Å². The Kier molecular flexibility index (Phi) is 6.86. The molecule has 4 rings (SSSR count). The monoisotopic (exact) mass is 495 g/mol. The molecule has 0 saturated heterocycles. The summed E-state index contributed by atoms with van der Waals surface area (Å²) in [6, 6.07) is 14.2. The van der Waals surface area contributed by atoms with Crippen LogP contribution in [0.1, 0.15) is 19.2 Å². The number of carbonyl (C=O) groups is 1. The van der Waals surface area contributed by atoms with E-state index in [0.29, 0.717) is 34.1 Å². The van der Waals surface area contributed by atoms with Gasteiger partial charge in [-0.1, -0.05) is 24.3 Å². The number of rotatable bonds is 7. The summed E-state index contributed by atoms with van der Waals surface area (Å²) in [5, 5.41) is 2.98. The van der Waals surface area contributed by atoms with Gasteiger partial charge in [0.1, 0.15) is 0 Å². The maximum absolute atomic E-state index is 13.9. The number of nitrogens with zero attached hydrogens (tertiary/aromatic N) is 2. The van der Waals surface area contributed by atoms with Gasteiger partial charge in [-0.2, -0.15) is 0 Å². The average molecular weight is 495 g/mol. The minimum atomic E-state index is -2.97. The predicted molar refractivity (Wildman–Crippen MR) is 132 cm³/mol. The molecule has 0 aliphatic rings. The van der Waals surface area contributed by atoms with E-state index in [1.165, 1.54) is 46.5 Å². The van der Waals surface area contributed by atoms with Crippen molar-refractivity contribution in [2.75, 3.05) is 26.6 Å². The number of nitrogens with one attached hydrogen (secondary N) is 1. The Morgan fingerprint density at radius 1 is 0.972 bits per heavy atom. The molecule has 1 aromatic heterocycles. The lowest BCUT2D eigenvalue weighted by molar-refractivity contribution is -0.114. The first-order valence-corrected chi connectivity index (χ1v) is 10.8. The molecule has 0 aliphatic heterocycles. The van der Waals surface area contributed by atoms with Gasteiger partial charge < -0.3 is 19.5 Å². The Labute approximate surface area is 205 Å². The van der Waals surface area contributed by atoms with E-state index < -0.39 is 17.8 Å². The van der Waals surface area contributed by atoms with Crippen LogP contribution >= 0.6 is 0 Å². The van der Waals surface area contributed by atoms with Crippen molar-refractivity contribution in [3.63, 3.8) is 0 Å². The Morgan fingerprint density at radius 3 is 2.22 bits per heavy atom. The molecular formula is C26H23F2N3O5. The predicted octanol–water partition coefficient (Wildman–Crippen LogP) is 4.97. The molecule has 0 aliphatic carbocycles. The van der Waals surface area contributed by atoms with E-state index >= 15 is 0 Å². The number of carbonyl (C=O) groups excluding carboxylic acids is 1. The molecule has 3 aromatic carbocycles. The third-order valence-corrected chi connectivity index (χ3v) is 5.55. The largest absolute Gasteiger partial charge is 0.493 e. The standard InChI is InChI=1S/C26H23F2N3O5/c1-14(32)29-19-13-20(34-2)22(35-3)23(36-4)21(19)15-9-11-16(12-10-15)31-25(24(27)28)30-18-8-6-5-7-17(18)26(31)33/h5-13,24H,1-4H3,(H,29,32). The molecule has 0 fully saturated rings. The lowest BCUT2D eigenvalue weighted by Gasteiger charge is -2.20. The molecule has 1 N–H and O–H groups in total. The molecule has 186 valence electrons. The molecule has 36 heavy (non-hydrogen) atoms. The molecule has 0 spiro atoms. The molecule has 0 bridgehead atoms. The number of hydrogen-bond donors (Lipinski definition) is 1. The van der Waals surface area contributed by atoms with E-state index in [1.54, 1.807) is 36.4 Å². The lowest BCUT2D eigenvalue weighted by atomic mass is 10.0. The zero-order chi connectivity index (χ0) is 26.0. The molecule has 0 saturated carbocycles. The highest BCUT2D eigenvalue weighted by Crippen LogP contribution is 2.49. The first-order chi connectivity index (χ1) is 17.3. The van der Waals surface area contributed by atoms with Gasteiger partial charge in [-0.05, 0) is 29.8 Å². The summed E-state index contributed by atoms with van der Waals surface area (Å²) in [5.41, 5.74) is 1.24. The van der Waals surface area contributed by atoms with Crippen LogP contribution < -0.4 is 25.1 Å². The van der Waals surface area contributed by atoms with E-state index in [2.05, 4.69) is 10.3 Å². The van der Waals surface area contributed by atoms with Crippen LogP contribution in [0.15, 0.2) is 59.4 Å². The summed E-state index contributed by atoms with van der Waals surface area (Å²) >= 11 is 0. The lowest BCUT2D eigenvalue weighted by Crippen LogP contribution is -2.24. The Bertz CT molecular complexity index is 1500. The fourth-order valence-electron chi connectivity index (χ4n) is 4.05. The number of methoxy groups -OCH3 is 3. The topological polar surface area (TPSA) is 91.7 Å². The van der Waals surface area contributed by atoms with Crippen molar-refractivity contribution < 1.29 is 27.8 Å². The van der Waals surface area contributed by atoms with Crippen LogP contribution in [0, 0.1) is 0 Å². The van der Waals surface area contributed by atoms with Gasteiger partial charge in [-0.15, -0.1) is 0 Å². The number of alkyl halides is 2. The van der Waals surface area contributed by atoms with Crippen LogP contribution in [-0.4, -0.2) is 36.8 Å². The number of fused-ring (bicyclic) bond motifs is 1. The van der Waals surface area contributed by atoms with Crippen LogP contribution in [0.5, 0.6) is 17.2 Å². The van der Waals surface area contributed by atoms with Gasteiger partial charge in [-0.25, -0.2) is 13.8 Å². The number of para-hydroxylation sites is 1. The molecule has 1 amide bonds. The molecule has 10 heteroatoms. The summed E-state index contributed by atoms with van der Waals surface area (Å²) in [6.45, 7) is 1.36. The van der Waals surface area contributed by atoms with Gasteiger partial charge in [0.2, 0.25) is 11.7 Å². The minimum absolute atomic E-state index is 0.195. The number of amides is 1. The molecule has 8 nitrogen and oxygen atoms in total. The van der Waals surface area contributed by atoms with E-state index in [9.17, 15) is 18.4 Å². The Balaban J connectivity index is 1.93. The van der Waals surface area contributed by atoms with Gasteiger partial charge in [0, 0.05) is 13.0 Å². The first kappa shape index (κ1) is 24.6. The molecule has 4 aromatic rings. The number of aromatic nitrogens is 2. The number of hydrogen-bond acceptors (Lipinski definition) is 6. The Morgan fingerprint density at radius 2 is 1.64 bits per heavy atom. The van der Waals surface area contributed by atoms with Crippen molar-refractivity contribution >= 4 is 22.5 Å². The summed E-state index contributed by atoms with van der Waals surface area (Å²) in [5.74, 6) is -0.0327. The quantitative estimate of drug-likeness (QED) is 0.389. The fourth-order valence-corrected chi connectivity index (χ4v) is 4.05. The molecular weight excluding hydrogens is 472 g/mol. The maximum Gasteiger partial charge on any atom is 0.296 e. The summed E-state index contributed by atoms with van der Waals surface area (Å²) < 4.78 is 45.1. The highest BCUT2D eigenvalue weighted by atomic mass is 19.3. The fraction of sp³-hybridized carbons (Fsp3) is 0.192.